The van der Waals surface area contributed by atoms with E-state index in [2.05, 4.69) is 15.9 Å². The van der Waals surface area contributed by atoms with Gasteiger partial charge >= 0.3 is 0 Å². The molecule has 60 valence electrons. The molecule has 0 aliphatic carbocycles. The Morgan fingerprint density at radius 1 is 1.55 bits per heavy atom. The van der Waals surface area contributed by atoms with Gasteiger partial charge in [-0.15, -0.1) is 0 Å². The van der Waals surface area contributed by atoms with Crippen molar-refractivity contribution in [1.29, 1.82) is 0 Å². The maximum atomic E-state index is 12.9. The van der Waals surface area contributed by atoms with Crippen molar-refractivity contribution >= 4 is 27.5 Å². The Bertz CT molecular complexity index is 277. The summed E-state index contributed by atoms with van der Waals surface area (Å²) in [6, 6.07) is 2.68. The number of benzene rings is 1. The van der Waals surface area contributed by atoms with Crippen molar-refractivity contribution in [2.75, 3.05) is 0 Å². The molecule has 0 aliphatic rings. The molecule has 0 atom stereocenters. The molecule has 0 amide bonds. The predicted molar refractivity (Wildman–Crippen MR) is 45.7 cm³/mol. The van der Waals surface area contributed by atoms with E-state index in [-0.39, 0.29) is 11.3 Å². The van der Waals surface area contributed by atoms with Gasteiger partial charge in [-0.25, -0.2) is 4.39 Å². The molecule has 0 aromatic heterocycles. The highest BCUT2D eigenvalue weighted by Gasteiger charge is 2.09. The van der Waals surface area contributed by atoms with Crippen molar-refractivity contribution in [2.45, 2.75) is 5.33 Å². The van der Waals surface area contributed by atoms with Crippen LogP contribution in [0.5, 0.6) is 5.75 Å². The first-order valence-electron chi connectivity index (χ1n) is 2.88. The number of rotatable bonds is 1. The number of halogens is 3. The second-order valence-corrected chi connectivity index (χ2v) is 2.96. The molecule has 0 saturated heterocycles. The van der Waals surface area contributed by atoms with Gasteiger partial charge in [0.05, 0.1) is 0 Å². The molecule has 1 aromatic rings. The fourth-order valence-electron chi connectivity index (χ4n) is 0.708. The molecule has 0 bridgehead atoms. The van der Waals surface area contributed by atoms with Crippen molar-refractivity contribution in [1.82, 2.24) is 0 Å². The highest BCUT2D eigenvalue weighted by Crippen LogP contribution is 2.27. The molecule has 0 unspecified atom stereocenters. The molecule has 0 spiro atoms. The van der Waals surface area contributed by atoms with E-state index in [1.165, 1.54) is 12.1 Å². The van der Waals surface area contributed by atoms with Crippen molar-refractivity contribution < 1.29 is 9.50 Å². The van der Waals surface area contributed by atoms with Crippen molar-refractivity contribution in [2.24, 2.45) is 0 Å². The van der Waals surface area contributed by atoms with Gasteiger partial charge in [0.15, 0.2) is 11.6 Å². The van der Waals surface area contributed by atoms with E-state index >= 15 is 0 Å². The number of phenolic OH excluding ortho intramolecular Hbond substituents is 1. The largest absolute Gasteiger partial charge is 0.505 e. The van der Waals surface area contributed by atoms with Crippen LogP contribution in [0.4, 0.5) is 4.39 Å². The second kappa shape index (κ2) is 3.41. The number of alkyl halides is 1. The molecule has 1 N–H and O–H groups in total. The predicted octanol–water partition coefficient (Wildman–Crippen LogP) is 3.08. The molecule has 1 nitrogen and oxygen atoms in total. The quantitative estimate of drug-likeness (QED) is 0.747. The average molecular weight is 239 g/mol. The Morgan fingerprint density at radius 2 is 2.18 bits per heavy atom. The summed E-state index contributed by atoms with van der Waals surface area (Å²) < 4.78 is 12.9. The third kappa shape index (κ3) is 1.65. The number of hydrogen-bond acceptors (Lipinski definition) is 1. The Morgan fingerprint density at radius 3 is 2.64 bits per heavy atom. The molecule has 4 heteroatoms. The van der Waals surface area contributed by atoms with Crippen LogP contribution in [0.1, 0.15) is 5.56 Å². The van der Waals surface area contributed by atoms with Crippen LogP contribution in [-0.4, -0.2) is 5.11 Å². The minimum absolute atomic E-state index is 0.284. The van der Waals surface area contributed by atoms with Crippen LogP contribution in [0.3, 0.4) is 0 Å². The van der Waals surface area contributed by atoms with Crippen LogP contribution in [0, 0.1) is 5.82 Å². The molecular formula is C7H5BrClFO. The Hall–Kier alpha value is -0.280. The summed E-state index contributed by atoms with van der Waals surface area (Å²) in [7, 11) is 0. The lowest BCUT2D eigenvalue weighted by Crippen LogP contribution is -1.87. The highest BCUT2D eigenvalue weighted by atomic mass is 79.9. The third-order valence-electron chi connectivity index (χ3n) is 1.30. The van der Waals surface area contributed by atoms with Gasteiger partial charge < -0.3 is 5.11 Å². The summed E-state index contributed by atoms with van der Waals surface area (Å²) in [5.41, 5.74) is 0.284. The minimum atomic E-state index is -0.658. The van der Waals surface area contributed by atoms with E-state index in [0.717, 1.165) is 0 Å². The van der Waals surface area contributed by atoms with Gasteiger partial charge in [-0.2, -0.15) is 0 Å². The van der Waals surface area contributed by atoms with Crippen LogP contribution < -0.4 is 0 Å². The Balaban J connectivity index is 3.29. The van der Waals surface area contributed by atoms with Crippen LogP contribution in [0.2, 0.25) is 5.02 Å². The number of phenols is 1. The van der Waals surface area contributed by atoms with E-state index in [0.29, 0.717) is 10.4 Å². The van der Waals surface area contributed by atoms with Crippen LogP contribution >= 0.6 is 27.5 Å². The Labute approximate surface area is 76.9 Å². The Kier molecular flexibility index (Phi) is 2.73. The van der Waals surface area contributed by atoms with Gasteiger partial charge in [0.2, 0.25) is 0 Å². The lowest BCUT2D eigenvalue weighted by atomic mass is 10.2. The van der Waals surface area contributed by atoms with Gasteiger partial charge in [0, 0.05) is 15.9 Å². The van der Waals surface area contributed by atoms with Crippen molar-refractivity contribution in [3.8, 4) is 5.75 Å². The SMILES string of the molecule is Oc1ccc(Cl)c(CBr)c1F. The lowest BCUT2D eigenvalue weighted by Gasteiger charge is -2.02. The molecule has 0 heterocycles. The first kappa shape index (κ1) is 8.81. The second-order valence-electron chi connectivity index (χ2n) is 1.99. The van der Waals surface area contributed by atoms with Crippen molar-refractivity contribution in [3.63, 3.8) is 0 Å². The van der Waals surface area contributed by atoms with Gasteiger partial charge in [-0.3, -0.25) is 0 Å². The van der Waals surface area contributed by atoms with E-state index in [1.807, 2.05) is 0 Å². The van der Waals surface area contributed by atoms with Crippen LogP contribution in [-0.2, 0) is 5.33 Å². The van der Waals surface area contributed by atoms with Crippen molar-refractivity contribution in [3.05, 3.63) is 28.5 Å². The first-order chi connectivity index (χ1) is 5.16. The molecule has 0 fully saturated rings. The van der Waals surface area contributed by atoms with E-state index in [4.69, 9.17) is 16.7 Å². The molecule has 0 saturated carbocycles. The van der Waals surface area contributed by atoms with Crippen LogP contribution in [0.25, 0.3) is 0 Å². The minimum Gasteiger partial charge on any atom is -0.505 e. The summed E-state index contributed by atoms with van der Waals surface area (Å²) in [6.45, 7) is 0. The summed E-state index contributed by atoms with van der Waals surface area (Å²) in [5.74, 6) is -1.03. The van der Waals surface area contributed by atoms with Gasteiger partial charge in [-0.1, -0.05) is 27.5 Å². The summed E-state index contributed by atoms with van der Waals surface area (Å²) in [6.07, 6.45) is 0. The fourth-order valence-corrected chi connectivity index (χ4v) is 1.63. The van der Waals surface area contributed by atoms with Gasteiger partial charge in [-0.05, 0) is 12.1 Å². The molecule has 0 radical (unpaired) electrons. The summed E-state index contributed by atoms with van der Waals surface area (Å²) in [4.78, 5) is 0. The third-order valence-corrected chi connectivity index (χ3v) is 2.21. The zero-order valence-corrected chi connectivity index (χ0v) is 7.78. The molecule has 11 heavy (non-hydrogen) atoms. The monoisotopic (exact) mass is 238 g/mol. The zero-order chi connectivity index (χ0) is 8.43. The topological polar surface area (TPSA) is 20.2 Å². The maximum Gasteiger partial charge on any atom is 0.170 e. The van der Waals surface area contributed by atoms with E-state index in [1.54, 1.807) is 0 Å². The molecule has 1 rings (SSSR count). The standard InChI is InChI=1S/C7H5BrClFO/c8-3-4-5(9)1-2-6(11)7(4)10/h1-2,11H,3H2. The molecule has 1 aromatic carbocycles. The summed E-state index contributed by atoms with van der Waals surface area (Å²) in [5, 5.41) is 9.52. The van der Waals surface area contributed by atoms with E-state index < -0.39 is 5.82 Å². The molecular weight excluding hydrogens is 234 g/mol. The summed E-state index contributed by atoms with van der Waals surface area (Å²) >= 11 is 8.68. The fraction of sp³-hybridized carbons (Fsp3) is 0.143. The first-order valence-corrected chi connectivity index (χ1v) is 4.38. The highest BCUT2D eigenvalue weighted by molar-refractivity contribution is 9.08. The smallest absolute Gasteiger partial charge is 0.170 e. The molecule has 0 aliphatic heterocycles. The van der Waals surface area contributed by atoms with Crippen LogP contribution in [0.15, 0.2) is 12.1 Å². The van der Waals surface area contributed by atoms with Gasteiger partial charge in [0.25, 0.3) is 0 Å². The lowest BCUT2D eigenvalue weighted by molar-refractivity contribution is 0.430. The van der Waals surface area contributed by atoms with Gasteiger partial charge in [0.1, 0.15) is 0 Å². The number of hydrogen-bond donors (Lipinski definition) is 1. The van der Waals surface area contributed by atoms with E-state index in [9.17, 15) is 4.39 Å². The normalized spacial score (nSPS) is 10.1. The number of aromatic hydroxyl groups is 1. The average Bonchev–Trinajstić information content (AvgIpc) is 1.99. The zero-order valence-electron chi connectivity index (χ0n) is 5.44. The maximum absolute atomic E-state index is 12.9.